The summed E-state index contributed by atoms with van der Waals surface area (Å²) in [5.41, 5.74) is 0.530. The van der Waals surface area contributed by atoms with Crippen molar-refractivity contribution in [2.75, 3.05) is 0 Å². The smallest absolute Gasteiger partial charge is 0.337 e. The monoisotopic (exact) mass is 335 g/mol. The number of benzene rings is 1. The minimum atomic E-state index is -1.15. The third-order valence-electron chi connectivity index (χ3n) is 2.37. The number of carboxylic acid groups (broad SMARTS) is 1. The number of aromatic carboxylic acids is 1. The van der Waals surface area contributed by atoms with Gasteiger partial charge < -0.3 is 5.11 Å². The van der Waals surface area contributed by atoms with E-state index in [0.29, 0.717) is 10.6 Å². The largest absolute Gasteiger partial charge is 0.478 e. The molecule has 0 bridgehead atoms. The molecule has 2 aromatic rings. The number of carbonyl (C=O) groups is 1. The standard InChI is InChI=1S/C12H5Cl4NO2/c13-5-3-7(9(15)8(14)4-5)11-10(16)6(12(18)19)1-2-17-11/h1-4H,(H,18,19). The van der Waals surface area contributed by atoms with Gasteiger partial charge in [-0.05, 0) is 18.2 Å². The molecule has 0 spiro atoms. The lowest BCUT2D eigenvalue weighted by atomic mass is 10.1. The molecule has 1 aromatic heterocycles. The van der Waals surface area contributed by atoms with E-state index in [0.717, 1.165) is 0 Å². The van der Waals surface area contributed by atoms with E-state index < -0.39 is 5.97 Å². The molecule has 0 saturated heterocycles. The maximum Gasteiger partial charge on any atom is 0.337 e. The number of halogens is 4. The van der Waals surface area contributed by atoms with Crippen molar-refractivity contribution in [1.29, 1.82) is 0 Å². The number of hydrogen-bond donors (Lipinski definition) is 1. The van der Waals surface area contributed by atoms with E-state index in [9.17, 15) is 4.79 Å². The molecule has 0 unspecified atom stereocenters. The normalized spacial score (nSPS) is 10.5. The predicted octanol–water partition coefficient (Wildman–Crippen LogP) is 5.06. The zero-order chi connectivity index (χ0) is 14.2. The summed E-state index contributed by atoms with van der Waals surface area (Å²) in [5.74, 6) is -1.15. The average Bonchev–Trinajstić information content (AvgIpc) is 2.34. The Morgan fingerprint density at radius 2 is 1.79 bits per heavy atom. The van der Waals surface area contributed by atoms with Gasteiger partial charge >= 0.3 is 5.97 Å². The summed E-state index contributed by atoms with van der Waals surface area (Å²) in [5, 5.41) is 9.80. The van der Waals surface area contributed by atoms with Gasteiger partial charge in [0.2, 0.25) is 0 Å². The van der Waals surface area contributed by atoms with Crippen LogP contribution in [0, 0.1) is 0 Å². The highest BCUT2D eigenvalue weighted by atomic mass is 35.5. The molecule has 0 amide bonds. The Hall–Kier alpha value is -1.000. The highest BCUT2D eigenvalue weighted by Crippen LogP contribution is 2.39. The zero-order valence-electron chi connectivity index (χ0n) is 9.12. The van der Waals surface area contributed by atoms with Gasteiger partial charge in [-0.2, -0.15) is 0 Å². The van der Waals surface area contributed by atoms with Crippen LogP contribution in [0.15, 0.2) is 24.4 Å². The van der Waals surface area contributed by atoms with Crippen molar-refractivity contribution in [3.63, 3.8) is 0 Å². The van der Waals surface area contributed by atoms with Crippen LogP contribution in [0.5, 0.6) is 0 Å². The minimum Gasteiger partial charge on any atom is -0.478 e. The third-order valence-corrected chi connectivity index (χ3v) is 3.77. The van der Waals surface area contributed by atoms with Crippen LogP contribution in [0.1, 0.15) is 10.4 Å². The summed E-state index contributed by atoms with van der Waals surface area (Å²) in [6, 6.07) is 4.30. The van der Waals surface area contributed by atoms with Crippen LogP contribution in [-0.4, -0.2) is 16.1 Å². The van der Waals surface area contributed by atoms with Crippen LogP contribution >= 0.6 is 46.4 Å². The van der Waals surface area contributed by atoms with E-state index in [2.05, 4.69) is 4.98 Å². The molecular weight excluding hydrogens is 332 g/mol. The molecule has 1 N–H and O–H groups in total. The van der Waals surface area contributed by atoms with E-state index >= 15 is 0 Å². The first-order chi connectivity index (χ1) is 8.91. The van der Waals surface area contributed by atoms with Crippen LogP contribution in [0.25, 0.3) is 11.3 Å². The lowest BCUT2D eigenvalue weighted by Crippen LogP contribution is -2.00. The second-order valence-electron chi connectivity index (χ2n) is 3.58. The molecule has 2 rings (SSSR count). The molecular formula is C12H5Cl4NO2. The molecule has 3 nitrogen and oxygen atoms in total. The van der Waals surface area contributed by atoms with Crippen molar-refractivity contribution in [2.45, 2.75) is 0 Å². The number of aromatic nitrogens is 1. The summed E-state index contributed by atoms with van der Waals surface area (Å²) < 4.78 is 0. The Kier molecular flexibility index (Phi) is 4.21. The van der Waals surface area contributed by atoms with Gasteiger partial charge in [0.15, 0.2) is 0 Å². The Morgan fingerprint density at radius 3 is 2.42 bits per heavy atom. The van der Waals surface area contributed by atoms with Gasteiger partial charge in [-0.25, -0.2) is 4.79 Å². The average molecular weight is 337 g/mol. The van der Waals surface area contributed by atoms with Crippen molar-refractivity contribution >= 4 is 52.4 Å². The summed E-state index contributed by atoms with van der Waals surface area (Å²) in [6.45, 7) is 0. The van der Waals surface area contributed by atoms with E-state index in [4.69, 9.17) is 51.5 Å². The highest BCUT2D eigenvalue weighted by molar-refractivity contribution is 6.45. The van der Waals surface area contributed by atoms with Gasteiger partial charge in [-0.3, -0.25) is 4.98 Å². The molecule has 1 heterocycles. The number of hydrogen-bond acceptors (Lipinski definition) is 2. The lowest BCUT2D eigenvalue weighted by Gasteiger charge is -2.09. The maximum atomic E-state index is 11.0. The molecule has 19 heavy (non-hydrogen) atoms. The first kappa shape index (κ1) is 14.4. The molecule has 98 valence electrons. The fourth-order valence-electron chi connectivity index (χ4n) is 1.52. The molecule has 0 aliphatic rings. The van der Waals surface area contributed by atoms with Crippen molar-refractivity contribution < 1.29 is 9.90 Å². The molecule has 0 aliphatic heterocycles. The molecule has 0 radical (unpaired) electrons. The summed E-state index contributed by atoms with van der Waals surface area (Å²) in [6.07, 6.45) is 1.33. The summed E-state index contributed by atoms with van der Waals surface area (Å²) in [4.78, 5) is 15.1. The van der Waals surface area contributed by atoms with Crippen LogP contribution in [0.4, 0.5) is 0 Å². The van der Waals surface area contributed by atoms with E-state index in [1.165, 1.54) is 24.4 Å². The fraction of sp³-hybridized carbons (Fsp3) is 0. The maximum absolute atomic E-state index is 11.0. The summed E-state index contributed by atoms with van der Waals surface area (Å²) >= 11 is 23.9. The number of pyridine rings is 1. The van der Waals surface area contributed by atoms with Gasteiger partial charge in [-0.15, -0.1) is 0 Å². The second-order valence-corrected chi connectivity index (χ2v) is 5.17. The number of nitrogens with zero attached hydrogens (tertiary/aromatic N) is 1. The molecule has 0 aliphatic carbocycles. The minimum absolute atomic E-state index is 0.0183. The Balaban J connectivity index is 2.73. The van der Waals surface area contributed by atoms with Crippen LogP contribution in [-0.2, 0) is 0 Å². The topological polar surface area (TPSA) is 50.2 Å². The van der Waals surface area contributed by atoms with E-state index in [-0.39, 0.29) is 26.3 Å². The highest BCUT2D eigenvalue weighted by Gasteiger charge is 2.18. The number of rotatable bonds is 2. The van der Waals surface area contributed by atoms with Crippen molar-refractivity contribution in [1.82, 2.24) is 4.98 Å². The Labute approximate surface area is 128 Å². The number of carboxylic acids is 1. The first-order valence-corrected chi connectivity index (χ1v) is 6.45. The van der Waals surface area contributed by atoms with E-state index in [1.54, 1.807) is 0 Å². The SMILES string of the molecule is O=C(O)c1ccnc(-c2cc(Cl)cc(Cl)c2Cl)c1Cl. The molecule has 0 atom stereocenters. The van der Waals surface area contributed by atoms with Gasteiger partial charge in [0.05, 0.1) is 26.3 Å². The second kappa shape index (κ2) is 5.55. The molecule has 1 aromatic carbocycles. The van der Waals surface area contributed by atoms with Crippen molar-refractivity contribution in [3.8, 4) is 11.3 Å². The predicted molar refractivity (Wildman–Crippen MR) is 76.7 cm³/mol. The van der Waals surface area contributed by atoms with Crippen LogP contribution in [0.2, 0.25) is 20.1 Å². The summed E-state index contributed by atoms with van der Waals surface area (Å²) in [7, 11) is 0. The van der Waals surface area contributed by atoms with Gasteiger partial charge in [-0.1, -0.05) is 46.4 Å². The fourth-order valence-corrected chi connectivity index (χ4v) is 2.51. The first-order valence-electron chi connectivity index (χ1n) is 4.94. The molecule has 0 fully saturated rings. The van der Waals surface area contributed by atoms with Crippen molar-refractivity contribution in [3.05, 3.63) is 50.0 Å². The third kappa shape index (κ3) is 2.79. The van der Waals surface area contributed by atoms with Crippen LogP contribution < -0.4 is 0 Å². The van der Waals surface area contributed by atoms with Gasteiger partial charge in [0.1, 0.15) is 0 Å². The molecule has 0 saturated carbocycles. The van der Waals surface area contributed by atoms with Crippen LogP contribution in [0.3, 0.4) is 0 Å². The zero-order valence-corrected chi connectivity index (χ0v) is 12.1. The van der Waals surface area contributed by atoms with Gasteiger partial charge in [0.25, 0.3) is 0 Å². The van der Waals surface area contributed by atoms with Gasteiger partial charge in [0, 0.05) is 16.8 Å². The van der Waals surface area contributed by atoms with Crippen molar-refractivity contribution in [2.24, 2.45) is 0 Å². The lowest BCUT2D eigenvalue weighted by molar-refractivity contribution is 0.0697. The van der Waals surface area contributed by atoms with E-state index in [1.807, 2.05) is 0 Å². The molecule has 7 heteroatoms. The Bertz CT molecular complexity index is 673. The quantitative estimate of drug-likeness (QED) is 0.780. The Morgan fingerprint density at radius 1 is 1.11 bits per heavy atom.